The third-order valence-corrected chi connectivity index (χ3v) is 5.59. The first kappa shape index (κ1) is 15.5. The zero-order valence-electron chi connectivity index (χ0n) is 12.2. The summed E-state index contributed by atoms with van der Waals surface area (Å²) in [7, 11) is -3.75. The van der Waals surface area contributed by atoms with Crippen molar-refractivity contribution in [2.24, 2.45) is 0 Å². The number of allylic oxidation sites excluding steroid dienone is 3. The Morgan fingerprint density at radius 3 is 2.81 bits per heavy atom. The van der Waals surface area contributed by atoms with Gasteiger partial charge in [-0.05, 0) is 33.3 Å². The van der Waals surface area contributed by atoms with Crippen LogP contribution >= 0.6 is 0 Å². The van der Waals surface area contributed by atoms with Crippen LogP contribution in [0.1, 0.15) is 37.7 Å². The number of ether oxygens (including phenoxy) is 1. The average molecular weight is 310 g/mol. The molecule has 6 nitrogen and oxygen atoms in total. The molecule has 1 aliphatic rings. The highest BCUT2D eigenvalue weighted by Crippen LogP contribution is 2.30. The molecule has 0 saturated carbocycles. The maximum Gasteiger partial charge on any atom is 0.358 e. The van der Waals surface area contributed by atoms with Crippen LogP contribution in [0, 0.1) is 0 Å². The molecule has 0 N–H and O–H groups in total. The summed E-state index contributed by atoms with van der Waals surface area (Å²) in [5.74, 6) is -0.633. The normalized spacial score (nSPS) is 22.0. The molecule has 1 aliphatic carbocycles. The number of carbonyl (C=O) groups excluding carboxylic acids is 1. The van der Waals surface area contributed by atoms with Crippen LogP contribution in [-0.2, 0) is 14.8 Å². The van der Waals surface area contributed by atoms with Crippen molar-refractivity contribution >= 4 is 16.0 Å². The van der Waals surface area contributed by atoms with Crippen LogP contribution in [0.3, 0.4) is 0 Å². The highest BCUT2D eigenvalue weighted by atomic mass is 32.2. The lowest BCUT2D eigenvalue weighted by atomic mass is 9.98. The molecule has 0 bridgehead atoms. The molecule has 7 heteroatoms. The minimum absolute atomic E-state index is 0.0180. The Balaban J connectivity index is 2.33. The maximum atomic E-state index is 12.7. The molecule has 0 fully saturated rings. The van der Waals surface area contributed by atoms with E-state index in [2.05, 4.69) is 5.10 Å². The molecule has 21 heavy (non-hydrogen) atoms. The monoisotopic (exact) mass is 310 g/mol. The summed E-state index contributed by atoms with van der Waals surface area (Å²) in [4.78, 5) is 11.6. The van der Waals surface area contributed by atoms with E-state index >= 15 is 0 Å². The van der Waals surface area contributed by atoms with Crippen LogP contribution in [0.5, 0.6) is 0 Å². The Morgan fingerprint density at radius 2 is 2.24 bits per heavy atom. The standard InChI is InChI=1S/C14H18N2O4S/c1-4-20-13(17)12-7-10-16(15-12)21(18,19)14(3)8-5-11(2)6-9-14/h5-8,10H,4,9H2,1-3H3. The van der Waals surface area contributed by atoms with Gasteiger partial charge in [-0.1, -0.05) is 23.8 Å². The first-order valence-electron chi connectivity index (χ1n) is 6.64. The fourth-order valence-corrected chi connectivity index (χ4v) is 3.35. The largest absolute Gasteiger partial charge is 0.461 e. The van der Waals surface area contributed by atoms with Crippen molar-refractivity contribution in [1.29, 1.82) is 0 Å². The molecule has 2 rings (SSSR count). The quantitative estimate of drug-likeness (QED) is 0.794. The minimum atomic E-state index is -3.75. The van der Waals surface area contributed by atoms with E-state index in [0.29, 0.717) is 6.42 Å². The number of carbonyl (C=O) groups is 1. The summed E-state index contributed by atoms with van der Waals surface area (Å²) in [6.45, 7) is 5.43. The molecule has 1 atom stereocenters. The number of nitrogens with zero attached hydrogens (tertiary/aromatic N) is 2. The van der Waals surface area contributed by atoms with Crippen LogP contribution in [0.2, 0.25) is 0 Å². The lowest BCUT2D eigenvalue weighted by Gasteiger charge is -2.26. The minimum Gasteiger partial charge on any atom is -0.461 e. The highest BCUT2D eigenvalue weighted by molar-refractivity contribution is 7.91. The van der Waals surface area contributed by atoms with Crippen molar-refractivity contribution in [2.45, 2.75) is 31.9 Å². The predicted molar refractivity (Wildman–Crippen MR) is 78.4 cm³/mol. The van der Waals surface area contributed by atoms with Gasteiger partial charge in [0.05, 0.1) is 6.61 Å². The van der Waals surface area contributed by atoms with Crippen LogP contribution < -0.4 is 0 Å². The van der Waals surface area contributed by atoms with E-state index in [1.807, 2.05) is 13.0 Å². The Kier molecular flexibility index (Phi) is 4.04. The second-order valence-electron chi connectivity index (χ2n) is 5.10. The van der Waals surface area contributed by atoms with Gasteiger partial charge in [0.1, 0.15) is 4.75 Å². The van der Waals surface area contributed by atoms with Crippen LogP contribution in [-0.4, -0.2) is 34.9 Å². The second-order valence-corrected chi connectivity index (χ2v) is 7.35. The van der Waals surface area contributed by atoms with Gasteiger partial charge in [0.15, 0.2) is 5.69 Å². The Morgan fingerprint density at radius 1 is 1.52 bits per heavy atom. The first-order valence-corrected chi connectivity index (χ1v) is 8.08. The molecule has 0 spiro atoms. The Hall–Kier alpha value is -1.89. The molecular weight excluding hydrogens is 292 g/mol. The molecule has 1 aromatic heterocycles. The summed E-state index contributed by atoms with van der Waals surface area (Å²) in [6.07, 6.45) is 6.94. The SMILES string of the molecule is CCOC(=O)c1ccn(S(=O)(=O)C2(C)C=CC(C)=CC2)n1. The van der Waals surface area contributed by atoms with E-state index in [0.717, 1.165) is 9.66 Å². The van der Waals surface area contributed by atoms with E-state index in [9.17, 15) is 13.2 Å². The Labute approximate surface area is 124 Å². The molecule has 0 aliphatic heterocycles. The fraction of sp³-hybridized carbons (Fsp3) is 0.429. The van der Waals surface area contributed by atoms with E-state index in [-0.39, 0.29) is 12.3 Å². The molecule has 0 saturated heterocycles. The summed E-state index contributed by atoms with van der Waals surface area (Å²) in [5, 5.41) is 3.84. The lowest BCUT2D eigenvalue weighted by molar-refractivity contribution is 0.0519. The summed E-state index contributed by atoms with van der Waals surface area (Å²) >= 11 is 0. The van der Waals surface area contributed by atoms with Crippen LogP contribution in [0.15, 0.2) is 36.1 Å². The zero-order valence-corrected chi connectivity index (χ0v) is 13.1. The predicted octanol–water partition coefficient (Wildman–Crippen LogP) is 1.90. The van der Waals surface area contributed by atoms with Crippen molar-refractivity contribution in [3.63, 3.8) is 0 Å². The second kappa shape index (κ2) is 5.48. The van der Waals surface area contributed by atoms with Gasteiger partial charge in [0.2, 0.25) is 0 Å². The zero-order chi connectivity index (χ0) is 15.7. The van der Waals surface area contributed by atoms with Gasteiger partial charge in [-0.3, -0.25) is 0 Å². The Bertz CT molecular complexity index is 715. The number of hydrogen-bond donors (Lipinski definition) is 0. The highest BCUT2D eigenvalue weighted by Gasteiger charge is 2.39. The molecular formula is C14H18N2O4S. The van der Waals surface area contributed by atoms with Gasteiger partial charge in [-0.25, -0.2) is 13.2 Å². The summed E-state index contributed by atoms with van der Waals surface area (Å²) in [6, 6.07) is 1.34. The first-order chi connectivity index (χ1) is 9.80. The number of rotatable bonds is 4. The van der Waals surface area contributed by atoms with Gasteiger partial charge in [-0.15, -0.1) is 0 Å². The van der Waals surface area contributed by atoms with Gasteiger partial charge in [0.25, 0.3) is 10.0 Å². The molecule has 0 amide bonds. The maximum absolute atomic E-state index is 12.7. The van der Waals surface area contributed by atoms with Crippen molar-refractivity contribution in [2.75, 3.05) is 6.61 Å². The van der Waals surface area contributed by atoms with Crippen molar-refractivity contribution < 1.29 is 17.9 Å². The smallest absolute Gasteiger partial charge is 0.358 e. The van der Waals surface area contributed by atoms with Crippen LogP contribution in [0.4, 0.5) is 0 Å². The van der Waals surface area contributed by atoms with Crippen molar-refractivity contribution in [1.82, 2.24) is 9.19 Å². The molecule has 1 unspecified atom stereocenters. The van der Waals surface area contributed by atoms with Gasteiger partial charge in [-0.2, -0.15) is 9.19 Å². The van der Waals surface area contributed by atoms with E-state index < -0.39 is 20.7 Å². The molecule has 114 valence electrons. The summed E-state index contributed by atoms with van der Waals surface area (Å²) < 4.78 is 29.9. The molecule has 0 radical (unpaired) electrons. The van der Waals surface area contributed by atoms with Gasteiger partial charge < -0.3 is 4.74 Å². The number of aromatic nitrogens is 2. The fourth-order valence-electron chi connectivity index (χ4n) is 1.97. The number of esters is 1. The lowest BCUT2D eigenvalue weighted by Crippen LogP contribution is -2.38. The third kappa shape index (κ3) is 2.78. The third-order valence-electron chi connectivity index (χ3n) is 3.41. The summed E-state index contributed by atoms with van der Waals surface area (Å²) in [5.41, 5.74) is 1.01. The average Bonchev–Trinajstić information content (AvgIpc) is 2.93. The van der Waals surface area contributed by atoms with Gasteiger partial charge in [0, 0.05) is 6.20 Å². The molecule has 1 heterocycles. The van der Waals surface area contributed by atoms with E-state index in [4.69, 9.17) is 4.74 Å². The molecule has 0 aromatic carbocycles. The van der Waals surface area contributed by atoms with Gasteiger partial charge >= 0.3 is 5.97 Å². The van der Waals surface area contributed by atoms with E-state index in [1.54, 1.807) is 26.0 Å². The molecule has 1 aromatic rings. The van der Waals surface area contributed by atoms with E-state index in [1.165, 1.54) is 12.3 Å². The van der Waals surface area contributed by atoms with Crippen molar-refractivity contribution in [3.8, 4) is 0 Å². The topological polar surface area (TPSA) is 78.3 Å². The number of hydrogen-bond acceptors (Lipinski definition) is 5. The van der Waals surface area contributed by atoms with Crippen LogP contribution in [0.25, 0.3) is 0 Å². The van der Waals surface area contributed by atoms with Crippen molar-refractivity contribution in [3.05, 3.63) is 41.8 Å².